The lowest BCUT2D eigenvalue weighted by Crippen LogP contribution is -2.50. The second-order valence-electron chi connectivity index (χ2n) is 5.62. The van der Waals surface area contributed by atoms with Gasteiger partial charge in [0.2, 0.25) is 0 Å². The Kier molecular flexibility index (Phi) is 4.63. The van der Waals surface area contributed by atoms with Gasteiger partial charge < -0.3 is 15.1 Å². The molecule has 0 radical (unpaired) electrons. The minimum Gasteiger partial charge on any atom is -0.481 e. The van der Waals surface area contributed by atoms with E-state index in [1.807, 2.05) is 13.0 Å². The summed E-state index contributed by atoms with van der Waals surface area (Å²) in [6.45, 7) is 2.50. The summed E-state index contributed by atoms with van der Waals surface area (Å²) < 4.78 is 0. The number of rotatable bonds is 4. The molecule has 1 amide bonds. The number of carbonyl (C=O) groups excluding carboxylic acids is 1. The molecule has 0 aliphatic carbocycles. The van der Waals surface area contributed by atoms with E-state index in [9.17, 15) is 19.8 Å². The molecule has 5 nitrogen and oxygen atoms in total. The first-order valence-electron chi connectivity index (χ1n) is 7.25. The molecule has 114 valence electrons. The van der Waals surface area contributed by atoms with Crippen molar-refractivity contribution < 1.29 is 19.8 Å². The molecule has 2 N–H and O–H groups in total. The zero-order valence-corrected chi connectivity index (χ0v) is 12.2. The van der Waals surface area contributed by atoms with Crippen molar-refractivity contribution in [2.75, 3.05) is 13.1 Å². The largest absolute Gasteiger partial charge is 0.481 e. The van der Waals surface area contributed by atoms with Crippen LogP contribution in [0.3, 0.4) is 0 Å². The van der Waals surface area contributed by atoms with Crippen LogP contribution in [0, 0.1) is 5.41 Å². The van der Waals surface area contributed by atoms with Gasteiger partial charge in [0.1, 0.15) is 0 Å². The molecule has 0 spiro atoms. The Labute approximate surface area is 124 Å². The standard InChI is InChI=1S/C16H21NO4/c1-2-16(15(20)21)9-6-10-17(11-16)14(19)13(18)12-7-4-3-5-8-12/h3-5,7-8,13,18H,2,6,9-11H2,1H3,(H,20,21). The highest BCUT2D eigenvalue weighted by molar-refractivity contribution is 5.83. The average molecular weight is 291 g/mol. The highest BCUT2D eigenvalue weighted by Crippen LogP contribution is 2.34. The summed E-state index contributed by atoms with van der Waals surface area (Å²) in [6.07, 6.45) is 0.470. The van der Waals surface area contributed by atoms with E-state index >= 15 is 0 Å². The van der Waals surface area contributed by atoms with Gasteiger partial charge in [-0.25, -0.2) is 0 Å². The molecule has 1 aliphatic rings. The number of hydrogen-bond donors (Lipinski definition) is 2. The Morgan fingerprint density at radius 2 is 2.00 bits per heavy atom. The molecular formula is C16H21NO4. The topological polar surface area (TPSA) is 77.8 Å². The third-order valence-electron chi connectivity index (χ3n) is 4.37. The van der Waals surface area contributed by atoms with E-state index in [2.05, 4.69) is 0 Å². The number of carboxylic acids is 1. The summed E-state index contributed by atoms with van der Waals surface area (Å²) in [5, 5.41) is 19.6. The molecule has 2 rings (SSSR count). The van der Waals surface area contributed by atoms with E-state index in [-0.39, 0.29) is 6.54 Å². The van der Waals surface area contributed by atoms with E-state index in [4.69, 9.17) is 0 Å². The summed E-state index contributed by atoms with van der Waals surface area (Å²) in [7, 11) is 0. The number of likely N-dealkylation sites (tertiary alicyclic amines) is 1. The van der Waals surface area contributed by atoms with Crippen LogP contribution >= 0.6 is 0 Å². The summed E-state index contributed by atoms with van der Waals surface area (Å²) in [5.41, 5.74) is -0.352. The highest BCUT2D eigenvalue weighted by Gasteiger charge is 2.43. The van der Waals surface area contributed by atoms with Gasteiger partial charge in [-0.3, -0.25) is 9.59 Å². The molecule has 2 unspecified atom stereocenters. The first-order valence-corrected chi connectivity index (χ1v) is 7.25. The van der Waals surface area contributed by atoms with Gasteiger partial charge in [0.05, 0.1) is 5.41 Å². The van der Waals surface area contributed by atoms with Gasteiger partial charge >= 0.3 is 5.97 Å². The molecule has 1 heterocycles. The smallest absolute Gasteiger partial charge is 0.311 e. The molecule has 0 aromatic heterocycles. The minimum atomic E-state index is -1.23. The zero-order valence-electron chi connectivity index (χ0n) is 12.2. The molecule has 21 heavy (non-hydrogen) atoms. The predicted molar refractivity (Wildman–Crippen MR) is 77.6 cm³/mol. The van der Waals surface area contributed by atoms with Crippen molar-refractivity contribution in [2.24, 2.45) is 5.41 Å². The number of carboxylic acid groups (broad SMARTS) is 1. The van der Waals surface area contributed by atoms with Crippen LogP contribution in [-0.4, -0.2) is 40.1 Å². The third kappa shape index (κ3) is 3.08. The third-order valence-corrected chi connectivity index (χ3v) is 4.37. The molecule has 0 saturated carbocycles. The molecule has 0 bridgehead atoms. The molecule has 5 heteroatoms. The number of aliphatic hydroxyl groups excluding tert-OH is 1. The molecule has 1 fully saturated rings. The van der Waals surface area contributed by atoms with E-state index in [1.54, 1.807) is 24.3 Å². The lowest BCUT2D eigenvalue weighted by atomic mass is 9.77. The van der Waals surface area contributed by atoms with E-state index in [1.165, 1.54) is 4.90 Å². The van der Waals surface area contributed by atoms with Crippen molar-refractivity contribution in [3.05, 3.63) is 35.9 Å². The summed E-state index contributed by atoms with van der Waals surface area (Å²) in [5.74, 6) is -1.28. The molecule has 1 aromatic carbocycles. The van der Waals surface area contributed by atoms with E-state index < -0.39 is 23.4 Å². The SMILES string of the molecule is CCC1(C(=O)O)CCCN(C(=O)C(O)c2ccccc2)C1. The normalized spacial score (nSPS) is 23.6. The van der Waals surface area contributed by atoms with Gasteiger partial charge in [0.15, 0.2) is 6.10 Å². The van der Waals surface area contributed by atoms with Crippen molar-refractivity contribution >= 4 is 11.9 Å². The fourth-order valence-corrected chi connectivity index (χ4v) is 2.89. The number of carbonyl (C=O) groups is 2. The quantitative estimate of drug-likeness (QED) is 0.887. The number of amides is 1. The number of hydrogen-bond acceptors (Lipinski definition) is 3. The number of aliphatic carboxylic acids is 1. The maximum atomic E-state index is 12.4. The first kappa shape index (κ1) is 15.5. The van der Waals surface area contributed by atoms with E-state index in [0.717, 1.165) is 0 Å². The maximum absolute atomic E-state index is 12.4. The van der Waals surface area contributed by atoms with E-state index in [0.29, 0.717) is 31.4 Å². The van der Waals surface area contributed by atoms with Crippen LogP contribution in [0.1, 0.15) is 37.9 Å². The van der Waals surface area contributed by atoms with Gasteiger partial charge in [0, 0.05) is 13.1 Å². The fourth-order valence-electron chi connectivity index (χ4n) is 2.89. The van der Waals surface area contributed by atoms with Crippen LogP contribution in [0.15, 0.2) is 30.3 Å². The van der Waals surface area contributed by atoms with Gasteiger partial charge in [-0.05, 0) is 24.8 Å². The summed E-state index contributed by atoms with van der Waals surface area (Å²) in [4.78, 5) is 25.4. The van der Waals surface area contributed by atoms with Gasteiger partial charge in [-0.1, -0.05) is 37.3 Å². The molecular weight excluding hydrogens is 270 g/mol. The van der Waals surface area contributed by atoms with Crippen molar-refractivity contribution in [3.63, 3.8) is 0 Å². The fraction of sp³-hybridized carbons (Fsp3) is 0.500. The monoisotopic (exact) mass is 291 g/mol. The van der Waals surface area contributed by atoms with Crippen LogP contribution in [0.25, 0.3) is 0 Å². The zero-order chi connectivity index (χ0) is 15.5. The molecule has 1 saturated heterocycles. The van der Waals surface area contributed by atoms with Gasteiger partial charge in [0.25, 0.3) is 5.91 Å². The highest BCUT2D eigenvalue weighted by atomic mass is 16.4. The van der Waals surface area contributed by atoms with Crippen molar-refractivity contribution in [1.82, 2.24) is 4.90 Å². The average Bonchev–Trinajstić information content (AvgIpc) is 2.54. The second-order valence-corrected chi connectivity index (χ2v) is 5.62. The van der Waals surface area contributed by atoms with Crippen LogP contribution in [0.2, 0.25) is 0 Å². The number of aliphatic hydroxyl groups is 1. The molecule has 2 atom stereocenters. The first-order chi connectivity index (χ1) is 10.00. The summed E-state index contributed by atoms with van der Waals surface area (Å²) >= 11 is 0. The molecule has 1 aromatic rings. The van der Waals surface area contributed by atoms with Crippen LogP contribution < -0.4 is 0 Å². The van der Waals surface area contributed by atoms with Gasteiger partial charge in [-0.15, -0.1) is 0 Å². The Bertz CT molecular complexity index is 516. The van der Waals surface area contributed by atoms with Crippen LogP contribution in [0.5, 0.6) is 0 Å². The van der Waals surface area contributed by atoms with Crippen LogP contribution in [-0.2, 0) is 9.59 Å². The Hall–Kier alpha value is -1.88. The Morgan fingerprint density at radius 1 is 1.33 bits per heavy atom. The Balaban J connectivity index is 2.14. The lowest BCUT2D eigenvalue weighted by molar-refractivity contribution is -0.157. The molecule has 1 aliphatic heterocycles. The van der Waals surface area contributed by atoms with Crippen molar-refractivity contribution in [2.45, 2.75) is 32.3 Å². The van der Waals surface area contributed by atoms with Gasteiger partial charge in [-0.2, -0.15) is 0 Å². The minimum absolute atomic E-state index is 0.168. The second kappa shape index (κ2) is 6.26. The number of benzene rings is 1. The number of nitrogens with zero attached hydrogens (tertiary/aromatic N) is 1. The summed E-state index contributed by atoms with van der Waals surface area (Å²) in [6, 6.07) is 8.72. The Morgan fingerprint density at radius 3 is 2.57 bits per heavy atom. The van der Waals surface area contributed by atoms with Crippen molar-refractivity contribution in [1.29, 1.82) is 0 Å². The number of piperidine rings is 1. The lowest BCUT2D eigenvalue weighted by Gasteiger charge is -2.40. The van der Waals surface area contributed by atoms with Crippen molar-refractivity contribution in [3.8, 4) is 0 Å². The maximum Gasteiger partial charge on any atom is 0.311 e. The van der Waals surface area contributed by atoms with Crippen LogP contribution in [0.4, 0.5) is 0 Å². The predicted octanol–water partition coefficient (Wildman–Crippen LogP) is 1.82.